The van der Waals surface area contributed by atoms with E-state index in [-0.39, 0.29) is 5.97 Å². The Morgan fingerprint density at radius 3 is 2.95 bits per heavy atom. The highest BCUT2D eigenvalue weighted by molar-refractivity contribution is 5.69. The average molecular weight is 263 g/mol. The second-order valence-corrected chi connectivity index (χ2v) is 5.17. The van der Waals surface area contributed by atoms with Crippen LogP contribution in [-0.2, 0) is 16.0 Å². The lowest BCUT2D eigenvalue weighted by Gasteiger charge is -2.12. The van der Waals surface area contributed by atoms with Crippen LogP contribution in [0.15, 0.2) is 6.07 Å². The Morgan fingerprint density at radius 1 is 1.53 bits per heavy atom. The molecule has 104 valence electrons. The van der Waals surface area contributed by atoms with Crippen molar-refractivity contribution in [2.24, 2.45) is 0 Å². The van der Waals surface area contributed by atoms with Gasteiger partial charge in [0.1, 0.15) is 5.82 Å². The molecule has 2 heterocycles. The van der Waals surface area contributed by atoms with Crippen LogP contribution in [-0.4, -0.2) is 48.1 Å². The van der Waals surface area contributed by atoms with Crippen LogP contribution in [0.4, 0.5) is 0 Å². The summed E-state index contributed by atoms with van der Waals surface area (Å²) in [6.07, 6.45) is 2.03. The molecule has 5 nitrogen and oxygen atoms in total. The predicted octanol–water partition coefficient (Wildman–Crippen LogP) is 1.31. The Balaban J connectivity index is 2.08. The number of hydrogen-bond donors (Lipinski definition) is 0. The van der Waals surface area contributed by atoms with E-state index >= 15 is 0 Å². The number of rotatable bonds is 4. The number of carbonyl (C=O) groups excluding carboxylic acids is 1. The number of nitrogens with zero attached hydrogens (tertiary/aromatic N) is 3. The number of hydrogen-bond acceptors (Lipinski definition) is 5. The van der Waals surface area contributed by atoms with Gasteiger partial charge in [-0.2, -0.15) is 0 Å². The van der Waals surface area contributed by atoms with Gasteiger partial charge in [-0.15, -0.1) is 0 Å². The molecule has 0 aliphatic carbocycles. The van der Waals surface area contributed by atoms with Crippen LogP contribution in [0.2, 0.25) is 0 Å². The first kappa shape index (κ1) is 13.9. The number of carbonyl (C=O) groups is 1. The molecule has 1 unspecified atom stereocenters. The summed E-state index contributed by atoms with van der Waals surface area (Å²) in [5, 5.41) is 0. The van der Waals surface area contributed by atoms with Gasteiger partial charge in [-0.1, -0.05) is 0 Å². The SMILES string of the molecule is COC(=O)CCc1nc(C)cc(C2CCN(C)C2)n1. The molecule has 1 aromatic heterocycles. The normalized spacial score (nSPS) is 19.6. The number of likely N-dealkylation sites (tertiary alicyclic amines) is 1. The topological polar surface area (TPSA) is 55.3 Å². The number of esters is 1. The first-order chi connectivity index (χ1) is 9.08. The maximum absolute atomic E-state index is 11.2. The molecule has 1 aromatic rings. The molecule has 5 heteroatoms. The predicted molar refractivity (Wildman–Crippen MR) is 72.0 cm³/mol. The van der Waals surface area contributed by atoms with Crippen LogP contribution >= 0.6 is 0 Å². The van der Waals surface area contributed by atoms with Crippen LogP contribution in [0.25, 0.3) is 0 Å². The molecule has 1 aliphatic heterocycles. The summed E-state index contributed by atoms with van der Waals surface area (Å²) in [4.78, 5) is 22.5. The number of aryl methyl sites for hydroxylation is 2. The van der Waals surface area contributed by atoms with E-state index in [1.54, 1.807) is 0 Å². The van der Waals surface area contributed by atoms with Crippen molar-refractivity contribution in [3.63, 3.8) is 0 Å². The molecule has 0 spiro atoms. The van der Waals surface area contributed by atoms with Crippen molar-refractivity contribution in [3.05, 3.63) is 23.3 Å². The zero-order valence-corrected chi connectivity index (χ0v) is 11.8. The molecule has 1 aliphatic rings. The fourth-order valence-electron chi connectivity index (χ4n) is 2.47. The third kappa shape index (κ3) is 3.73. The third-order valence-electron chi connectivity index (χ3n) is 3.51. The molecule has 1 atom stereocenters. The Hall–Kier alpha value is -1.49. The minimum absolute atomic E-state index is 0.216. The highest BCUT2D eigenvalue weighted by Gasteiger charge is 2.23. The second-order valence-electron chi connectivity index (χ2n) is 5.17. The molecular weight excluding hydrogens is 242 g/mol. The summed E-state index contributed by atoms with van der Waals surface area (Å²) in [5.41, 5.74) is 2.08. The largest absolute Gasteiger partial charge is 0.469 e. The molecule has 19 heavy (non-hydrogen) atoms. The van der Waals surface area contributed by atoms with Crippen molar-refractivity contribution in [3.8, 4) is 0 Å². The Morgan fingerprint density at radius 2 is 2.32 bits per heavy atom. The number of likely N-dealkylation sites (N-methyl/N-ethyl adjacent to an activating group) is 1. The van der Waals surface area contributed by atoms with Crippen LogP contribution in [0.5, 0.6) is 0 Å². The van der Waals surface area contributed by atoms with Gasteiger partial charge < -0.3 is 9.64 Å². The summed E-state index contributed by atoms with van der Waals surface area (Å²) in [7, 11) is 3.53. The summed E-state index contributed by atoms with van der Waals surface area (Å²) in [6, 6.07) is 2.06. The Bertz CT molecular complexity index is 462. The second kappa shape index (κ2) is 6.10. The molecule has 0 N–H and O–H groups in total. The molecule has 0 radical (unpaired) electrons. The summed E-state index contributed by atoms with van der Waals surface area (Å²) < 4.78 is 4.65. The van der Waals surface area contributed by atoms with E-state index in [2.05, 4.69) is 32.7 Å². The molecule has 0 aromatic carbocycles. The lowest BCUT2D eigenvalue weighted by atomic mass is 10.0. The van der Waals surface area contributed by atoms with Crippen molar-refractivity contribution >= 4 is 5.97 Å². The van der Waals surface area contributed by atoms with Gasteiger partial charge in [-0.05, 0) is 33.0 Å². The van der Waals surface area contributed by atoms with Crippen molar-refractivity contribution in [1.29, 1.82) is 0 Å². The third-order valence-corrected chi connectivity index (χ3v) is 3.51. The fraction of sp³-hybridized carbons (Fsp3) is 0.643. The van der Waals surface area contributed by atoms with Crippen LogP contribution in [0.1, 0.15) is 36.0 Å². The van der Waals surface area contributed by atoms with Crippen LogP contribution < -0.4 is 0 Å². The van der Waals surface area contributed by atoms with Gasteiger partial charge in [0.15, 0.2) is 0 Å². The van der Waals surface area contributed by atoms with Gasteiger partial charge in [0.2, 0.25) is 0 Å². The maximum atomic E-state index is 11.2. The van der Waals surface area contributed by atoms with Gasteiger partial charge in [0, 0.05) is 30.3 Å². The lowest BCUT2D eigenvalue weighted by Crippen LogP contribution is -2.14. The van der Waals surface area contributed by atoms with Crippen molar-refractivity contribution in [1.82, 2.24) is 14.9 Å². The van der Waals surface area contributed by atoms with E-state index < -0.39 is 0 Å². The lowest BCUT2D eigenvalue weighted by molar-refractivity contribution is -0.140. The van der Waals surface area contributed by atoms with Crippen LogP contribution in [0.3, 0.4) is 0 Å². The fourth-order valence-corrected chi connectivity index (χ4v) is 2.47. The first-order valence-corrected chi connectivity index (χ1v) is 6.68. The molecule has 0 bridgehead atoms. The van der Waals surface area contributed by atoms with E-state index in [0.29, 0.717) is 18.8 Å². The molecule has 0 saturated carbocycles. The number of methoxy groups -OCH3 is 1. The molecule has 0 amide bonds. The summed E-state index contributed by atoms with van der Waals surface area (Å²) >= 11 is 0. The quantitative estimate of drug-likeness (QED) is 0.767. The molecule has 1 fully saturated rings. The standard InChI is InChI=1S/C14H21N3O2/c1-10-8-12(11-6-7-17(2)9-11)16-13(15-10)4-5-14(18)19-3/h8,11H,4-7,9H2,1-3H3. The number of aromatic nitrogens is 2. The minimum Gasteiger partial charge on any atom is -0.469 e. The average Bonchev–Trinajstić information content (AvgIpc) is 2.82. The smallest absolute Gasteiger partial charge is 0.305 e. The number of ether oxygens (including phenoxy) is 1. The van der Waals surface area contributed by atoms with Gasteiger partial charge in [-0.25, -0.2) is 9.97 Å². The summed E-state index contributed by atoms with van der Waals surface area (Å²) in [5.74, 6) is 1.02. The minimum atomic E-state index is -0.216. The highest BCUT2D eigenvalue weighted by atomic mass is 16.5. The van der Waals surface area contributed by atoms with Crippen LogP contribution in [0, 0.1) is 6.92 Å². The first-order valence-electron chi connectivity index (χ1n) is 6.68. The maximum Gasteiger partial charge on any atom is 0.305 e. The van der Waals surface area contributed by atoms with E-state index in [1.807, 2.05) is 6.92 Å². The molecule has 2 rings (SSSR count). The van der Waals surface area contributed by atoms with Gasteiger partial charge >= 0.3 is 5.97 Å². The zero-order chi connectivity index (χ0) is 13.8. The van der Waals surface area contributed by atoms with E-state index in [1.165, 1.54) is 7.11 Å². The Labute approximate surface area is 114 Å². The molecular formula is C14H21N3O2. The van der Waals surface area contributed by atoms with Crippen molar-refractivity contribution in [2.75, 3.05) is 27.2 Å². The van der Waals surface area contributed by atoms with Gasteiger partial charge in [0.05, 0.1) is 13.5 Å². The van der Waals surface area contributed by atoms with Gasteiger partial charge in [-0.3, -0.25) is 4.79 Å². The highest BCUT2D eigenvalue weighted by Crippen LogP contribution is 2.25. The molecule has 1 saturated heterocycles. The Kier molecular flexibility index (Phi) is 4.47. The van der Waals surface area contributed by atoms with Crippen molar-refractivity contribution in [2.45, 2.75) is 32.1 Å². The zero-order valence-electron chi connectivity index (χ0n) is 11.8. The van der Waals surface area contributed by atoms with Crippen molar-refractivity contribution < 1.29 is 9.53 Å². The summed E-state index contributed by atoms with van der Waals surface area (Å²) in [6.45, 7) is 4.14. The van der Waals surface area contributed by atoms with Gasteiger partial charge in [0.25, 0.3) is 0 Å². The van der Waals surface area contributed by atoms with E-state index in [0.717, 1.165) is 36.7 Å². The van der Waals surface area contributed by atoms with E-state index in [4.69, 9.17) is 0 Å². The monoisotopic (exact) mass is 263 g/mol. The van der Waals surface area contributed by atoms with E-state index in [9.17, 15) is 4.79 Å².